The van der Waals surface area contributed by atoms with E-state index in [9.17, 15) is 23.3 Å². The monoisotopic (exact) mass is 392 g/mol. The van der Waals surface area contributed by atoms with Gasteiger partial charge in [-0.3, -0.25) is 14.9 Å². The molecule has 1 aliphatic heterocycles. The lowest BCUT2D eigenvalue weighted by molar-refractivity contribution is -0.384. The molecule has 0 spiro atoms. The van der Waals surface area contributed by atoms with Gasteiger partial charge in [0.05, 0.1) is 4.92 Å². The van der Waals surface area contributed by atoms with Gasteiger partial charge in [0.1, 0.15) is 10.6 Å². The van der Waals surface area contributed by atoms with E-state index < -0.39 is 20.9 Å². The van der Waals surface area contributed by atoms with Crippen molar-refractivity contribution < 1.29 is 18.1 Å². The van der Waals surface area contributed by atoms with E-state index in [-0.39, 0.29) is 16.3 Å². The van der Waals surface area contributed by atoms with E-state index in [0.717, 1.165) is 19.3 Å². The Kier molecular flexibility index (Phi) is 5.29. The quantitative estimate of drug-likeness (QED) is 0.620. The van der Waals surface area contributed by atoms with Crippen molar-refractivity contribution in [3.8, 4) is 0 Å². The first-order valence-corrected chi connectivity index (χ1v) is 9.95. The summed E-state index contributed by atoms with van der Waals surface area (Å²) < 4.78 is 28.4. The Bertz CT molecular complexity index is 960. The Morgan fingerprint density at radius 3 is 2.37 bits per heavy atom. The molecule has 1 amide bonds. The van der Waals surface area contributed by atoms with Gasteiger partial charge in [0, 0.05) is 44.2 Å². The molecule has 0 saturated carbocycles. The normalized spacial score (nSPS) is 15.4. The van der Waals surface area contributed by atoms with Crippen molar-refractivity contribution in [3.05, 3.63) is 52.3 Å². The SMILES string of the molecule is Cn1cc(S(=O)(=O)N2CCCCC2)cc1C(=O)Nc1ccc([N+](=O)[O-])cc1. The van der Waals surface area contributed by atoms with Gasteiger partial charge in [0.25, 0.3) is 11.6 Å². The number of nitro groups is 1. The van der Waals surface area contributed by atoms with E-state index in [2.05, 4.69) is 5.32 Å². The Morgan fingerprint density at radius 2 is 1.78 bits per heavy atom. The molecule has 1 aromatic heterocycles. The van der Waals surface area contributed by atoms with Crippen LogP contribution in [-0.2, 0) is 17.1 Å². The molecule has 27 heavy (non-hydrogen) atoms. The Hall–Kier alpha value is -2.72. The maximum Gasteiger partial charge on any atom is 0.272 e. The molecule has 144 valence electrons. The lowest BCUT2D eigenvalue weighted by Crippen LogP contribution is -2.35. The lowest BCUT2D eigenvalue weighted by atomic mass is 10.2. The molecule has 0 atom stereocenters. The zero-order valence-electron chi connectivity index (χ0n) is 14.8. The summed E-state index contributed by atoms with van der Waals surface area (Å²) in [5.41, 5.74) is 0.484. The summed E-state index contributed by atoms with van der Waals surface area (Å²) >= 11 is 0. The van der Waals surface area contributed by atoms with E-state index in [1.54, 1.807) is 7.05 Å². The van der Waals surface area contributed by atoms with Crippen molar-refractivity contribution in [2.24, 2.45) is 7.05 Å². The second-order valence-corrected chi connectivity index (χ2v) is 8.33. The first-order valence-electron chi connectivity index (χ1n) is 8.51. The van der Waals surface area contributed by atoms with Gasteiger partial charge in [-0.15, -0.1) is 0 Å². The minimum Gasteiger partial charge on any atom is -0.345 e. The summed E-state index contributed by atoms with van der Waals surface area (Å²) in [5.74, 6) is -0.494. The predicted octanol–water partition coefficient (Wildman–Crippen LogP) is 2.36. The molecule has 0 aliphatic carbocycles. The van der Waals surface area contributed by atoms with Crippen molar-refractivity contribution in [3.63, 3.8) is 0 Å². The fourth-order valence-electron chi connectivity index (χ4n) is 3.02. The molecule has 3 rings (SSSR count). The van der Waals surface area contributed by atoms with Crippen LogP contribution in [0.4, 0.5) is 11.4 Å². The smallest absolute Gasteiger partial charge is 0.272 e. The summed E-state index contributed by atoms with van der Waals surface area (Å²) in [6.45, 7) is 0.975. The molecule has 1 saturated heterocycles. The number of carbonyl (C=O) groups excluding carboxylic acids is 1. The molecule has 1 aliphatic rings. The maximum absolute atomic E-state index is 12.8. The van der Waals surface area contributed by atoms with Crippen molar-refractivity contribution >= 4 is 27.3 Å². The molecule has 0 unspecified atom stereocenters. The van der Waals surface area contributed by atoms with Crippen molar-refractivity contribution in [1.29, 1.82) is 0 Å². The molecule has 9 nitrogen and oxygen atoms in total. The number of aryl methyl sites for hydroxylation is 1. The number of nitro benzene ring substituents is 1. The molecule has 1 N–H and O–H groups in total. The molecule has 0 bridgehead atoms. The predicted molar refractivity (Wildman–Crippen MR) is 99.1 cm³/mol. The first kappa shape index (κ1) is 19.1. The largest absolute Gasteiger partial charge is 0.345 e. The Labute approximate surface area is 156 Å². The number of carbonyl (C=O) groups is 1. The van der Waals surface area contributed by atoms with Gasteiger partial charge < -0.3 is 9.88 Å². The molecule has 0 radical (unpaired) electrons. The highest BCUT2D eigenvalue weighted by molar-refractivity contribution is 7.89. The second-order valence-electron chi connectivity index (χ2n) is 6.39. The van der Waals surface area contributed by atoms with Crippen molar-refractivity contribution in [1.82, 2.24) is 8.87 Å². The third-order valence-electron chi connectivity index (χ3n) is 4.50. The number of sulfonamides is 1. The van der Waals surface area contributed by atoms with Gasteiger partial charge >= 0.3 is 0 Å². The van der Waals surface area contributed by atoms with Gasteiger partial charge in [0.15, 0.2) is 0 Å². The summed E-state index contributed by atoms with van der Waals surface area (Å²) in [6.07, 6.45) is 4.11. The first-order chi connectivity index (χ1) is 12.8. The number of non-ortho nitro benzene ring substituents is 1. The average molecular weight is 392 g/mol. The highest BCUT2D eigenvalue weighted by Crippen LogP contribution is 2.23. The number of rotatable bonds is 5. The number of amides is 1. The molecule has 2 heterocycles. The van der Waals surface area contributed by atoms with Crippen LogP contribution in [0.15, 0.2) is 41.4 Å². The van der Waals surface area contributed by atoms with E-state index >= 15 is 0 Å². The van der Waals surface area contributed by atoms with E-state index in [1.807, 2.05) is 0 Å². The lowest BCUT2D eigenvalue weighted by Gasteiger charge is -2.25. The number of nitrogens with zero attached hydrogens (tertiary/aromatic N) is 3. The number of benzene rings is 1. The fraction of sp³-hybridized carbons (Fsp3) is 0.353. The third-order valence-corrected chi connectivity index (χ3v) is 6.37. The number of aromatic nitrogens is 1. The standard InChI is InChI=1S/C17H20N4O5S/c1-19-12-15(27(25,26)20-9-3-2-4-10-20)11-16(19)17(22)18-13-5-7-14(8-6-13)21(23)24/h5-8,11-12H,2-4,9-10H2,1H3,(H,18,22). The molecule has 1 fully saturated rings. The van der Waals surface area contributed by atoms with Crippen LogP contribution in [0.25, 0.3) is 0 Å². The van der Waals surface area contributed by atoms with Crippen LogP contribution >= 0.6 is 0 Å². The second kappa shape index (κ2) is 7.49. The summed E-state index contributed by atoms with van der Waals surface area (Å²) in [4.78, 5) is 22.7. The topological polar surface area (TPSA) is 115 Å². The van der Waals surface area contributed by atoms with Crippen LogP contribution in [0.5, 0.6) is 0 Å². The van der Waals surface area contributed by atoms with Crippen LogP contribution in [0.1, 0.15) is 29.8 Å². The minimum atomic E-state index is -3.63. The fourth-order valence-corrected chi connectivity index (χ4v) is 4.61. The highest BCUT2D eigenvalue weighted by atomic mass is 32.2. The van der Waals surface area contributed by atoms with Gasteiger partial charge in [-0.1, -0.05) is 6.42 Å². The zero-order valence-corrected chi connectivity index (χ0v) is 15.6. The van der Waals surface area contributed by atoms with E-state index in [4.69, 9.17) is 0 Å². The number of hydrogen-bond donors (Lipinski definition) is 1. The van der Waals surface area contributed by atoms with Crippen LogP contribution < -0.4 is 5.32 Å². The third kappa shape index (κ3) is 4.01. The van der Waals surface area contributed by atoms with Gasteiger partial charge in [0.2, 0.25) is 10.0 Å². The van der Waals surface area contributed by atoms with E-state index in [1.165, 1.54) is 45.4 Å². The average Bonchev–Trinajstić information content (AvgIpc) is 3.05. The minimum absolute atomic E-state index is 0.0817. The summed E-state index contributed by atoms with van der Waals surface area (Å²) in [7, 11) is -2.03. The zero-order chi connectivity index (χ0) is 19.6. The molecular formula is C17H20N4O5S. The van der Waals surface area contributed by atoms with Crippen LogP contribution in [0, 0.1) is 10.1 Å². The van der Waals surface area contributed by atoms with Crippen LogP contribution in [0.2, 0.25) is 0 Å². The van der Waals surface area contributed by atoms with Gasteiger partial charge in [-0.05, 0) is 31.0 Å². The van der Waals surface area contributed by atoms with Crippen LogP contribution in [0.3, 0.4) is 0 Å². The van der Waals surface area contributed by atoms with Crippen molar-refractivity contribution in [2.75, 3.05) is 18.4 Å². The summed E-state index contributed by atoms with van der Waals surface area (Å²) in [6, 6.07) is 6.76. The Balaban J connectivity index is 1.79. The molecule has 1 aromatic carbocycles. The number of nitrogens with one attached hydrogen (secondary N) is 1. The van der Waals surface area contributed by atoms with Gasteiger partial charge in [-0.2, -0.15) is 4.31 Å². The number of anilines is 1. The van der Waals surface area contributed by atoms with Gasteiger partial charge in [-0.25, -0.2) is 8.42 Å². The summed E-state index contributed by atoms with van der Waals surface area (Å²) in [5, 5.41) is 13.3. The highest BCUT2D eigenvalue weighted by Gasteiger charge is 2.28. The number of piperidine rings is 1. The molecular weight excluding hydrogens is 372 g/mol. The van der Waals surface area contributed by atoms with Crippen molar-refractivity contribution in [2.45, 2.75) is 24.2 Å². The van der Waals surface area contributed by atoms with Crippen LogP contribution in [-0.4, -0.2) is 41.2 Å². The van der Waals surface area contributed by atoms with E-state index in [0.29, 0.717) is 18.8 Å². The molecule has 10 heteroatoms. The molecule has 2 aromatic rings. The maximum atomic E-state index is 12.8. The Morgan fingerprint density at radius 1 is 1.15 bits per heavy atom. The number of hydrogen-bond acceptors (Lipinski definition) is 5.